The Morgan fingerprint density at radius 2 is 2.10 bits per heavy atom. The van der Waals surface area contributed by atoms with Gasteiger partial charge in [-0.25, -0.2) is 0 Å². The molecule has 0 bridgehead atoms. The van der Waals surface area contributed by atoms with Gasteiger partial charge in [0.25, 0.3) is 0 Å². The Hall–Kier alpha value is -2.41. The normalized spacial score (nSPS) is 19.6. The molecule has 0 saturated carbocycles. The fourth-order valence-corrected chi connectivity index (χ4v) is 2.26. The van der Waals surface area contributed by atoms with Crippen molar-refractivity contribution in [1.29, 1.82) is 0 Å². The summed E-state index contributed by atoms with van der Waals surface area (Å²) in [5.74, 6) is 0.762. The number of nitrogens with one attached hydrogen (secondary N) is 1. The number of ether oxygens (including phenoxy) is 1. The first-order valence-electron chi connectivity index (χ1n) is 6.37. The van der Waals surface area contributed by atoms with E-state index in [9.17, 15) is 0 Å². The largest absolute Gasteiger partial charge is 0.463 e. The molecular weight excluding hydrogens is 256 g/mol. The molecule has 7 nitrogen and oxygen atoms in total. The molecule has 3 N–H and O–H groups in total. The van der Waals surface area contributed by atoms with Crippen molar-refractivity contribution in [2.24, 2.45) is 5.73 Å². The highest BCUT2D eigenvalue weighted by Gasteiger charge is 2.23. The van der Waals surface area contributed by atoms with Crippen LogP contribution in [0.1, 0.15) is 31.2 Å². The summed E-state index contributed by atoms with van der Waals surface area (Å²) in [5, 5.41) is 14.1. The minimum Gasteiger partial charge on any atom is -0.463 e. The van der Waals surface area contributed by atoms with Crippen LogP contribution in [0.2, 0.25) is 0 Å². The molecule has 0 saturated heterocycles. The van der Waals surface area contributed by atoms with Crippen LogP contribution >= 0.6 is 0 Å². The Balaban J connectivity index is 1.83. The SMILES string of the molecule is CC1=COC(N)N1c1ccc(C(C)c2nn[nH]n2)cc1. The summed E-state index contributed by atoms with van der Waals surface area (Å²) in [6, 6.07) is 8.10. The summed E-state index contributed by atoms with van der Waals surface area (Å²) >= 11 is 0. The standard InChI is InChI=1S/C13H16N6O/c1-8-7-20-13(14)19(8)11-5-3-10(4-6-11)9(2)12-15-17-18-16-12/h3-7,9,13H,14H2,1-2H3,(H,15,16,17,18). The maximum Gasteiger partial charge on any atom is 0.230 e. The molecule has 1 aromatic heterocycles. The molecule has 20 heavy (non-hydrogen) atoms. The van der Waals surface area contributed by atoms with Crippen LogP contribution in [-0.2, 0) is 4.74 Å². The van der Waals surface area contributed by atoms with Gasteiger partial charge in [-0.2, -0.15) is 5.21 Å². The van der Waals surface area contributed by atoms with E-state index in [0.717, 1.165) is 16.9 Å². The molecule has 0 amide bonds. The van der Waals surface area contributed by atoms with Gasteiger partial charge >= 0.3 is 0 Å². The molecular formula is C13H16N6O. The Kier molecular flexibility index (Phi) is 3.11. The van der Waals surface area contributed by atoms with Gasteiger partial charge in [-0.3, -0.25) is 10.6 Å². The molecule has 2 aromatic rings. The minimum atomic E-state index is -0.463. The highest BCUT2D eigenvalue weighted by Crippen LogP contribution is 2.28. The van der Waals surface area contributed by atoms with Crippen molar-refractivity contribution in [2.45, 2.75) is 26.1 Å². The smallest absolute Gasteiger partial charge is 0.230 e. The number of nitrogens with two attached hydrogens (primary N) is 1. The number of tetrazole rings is 1. The van der Waals surface area contributed by atoms with Crippen molar-refractivity contribution in [1.82, 2.24) is 20.6 Å². The van der Waals surface area contributed by atoms with Crippen LogP contribution in [0.5, 0.6) is 0 Å². The van der Waals surface area contributed by atoms with Crippen LogP contribution in [0, 0.1) is 0 Å². The highest BCUT2D eigenvalue weighted by molar-refractivity contribution is 5.54. The molecule has 0 spiro atoms. The van der Waals surface area contributed by atoms with E-state index in [1.807, 2.05) is 43.0 Å². The molecule has 0 radical (unpaired) electrons. The first kappa shape index (κ1) is 12.6. The van der Waals surface area contributed by atoms with E-state index in [1.165, 1.54) is 0 Å². The topological polar surface area (TPSA) is 93.0 Å². The Morgan fingerprint density at radius 1 is 1.35 bits per heavy atom. The molecule has 2 unspecified atom stereocenters. The van der Waals surface area contributed by atoms with E-state index in [4.69, 9.17) is 10.5 Å². The number of anilines is 1. The van der Waals surface area contributed by atoms with Gasteiger partial charge in [-0.1, -0.05) is 24.3 Å². The van der Waals surface area contributed by atoms with Gasteiger partial charge in [0.1, 0.15) is 6.26 Å². The second-order valence-electron chi connectivity index (χ2n) is 4.74. The first-order chi connectivity index (χ1) is 9.66. The molecule has 2 heterocycles. The third-order valence-corrected chi connectivity index (χ3v) is 3.43. The number of hydrogen-bond acceptors (Lipinski definition) is 6. The van der Waals surface area contributed by atoms with Gasteiger partial charge in [0, 0.05) is 11.6 Å². The average Bonchev–Trinajstić information content (AvgIpc) is 3.09. The predicted molar refractivity (Wildman–Crippen MR) is 73.4 cm³/mol. The third kappa shape index (κ3) is 2.12. The summed E-state index contributed by atoms with van der Waals surface area (Å²) in [6.45, 7) is 4.00. The zero-order chi connectivity index (χ0) is 14.1. The van der Waals surface area contributed by atoms with E-state index in [0.29, 0.717) is 5.82 Å². The summed E-state index contributed by atoms with van der Waals surface area (Å²) in [7, 11) is 0. The first-order valence-corrected chi connectivity index (χ1v) is 6.37. The van der Waals surface area contributed by atoms with Gasteiger partial charge < -0.3 is 4.74 Å². The highest BCUT2D eigenvalue weighted by atomic mass is 16.5. The van der Waals surface area contributed by atoms with Crippen molar-refractivity contribution < 1.29 is 4.74 Å². The average molecular weight is 272 g/mol. The van der Waals surface area contributed by atoms with Crippen molar-refractivity contribution in [3.05, 3.63) is 47.6 Å². The van der Waals surface area contributed by atoms with Gasteiger partial charge in [0.15, 0.2) is 5.82 Å². The van der Waals surface area contributed by atoms with Crippen molar-refractivity contribution >= 4 is 5.69 Å². The van der Waals surface area contributed by atoms with Crippen molar-refractivity contribution in [2.75, 3.05) is 4.90 Å². The maximum atomic E-state index is 5.90. The molecule has 2 atom stereocenters. The zero-order valence-corrected chi connectivity index (χ0v) is 11.3. The molecule has 7 heteroatoms. The molecule has 1 aliphatic rings. The van der Waals surface area contributed by atoms with E-state index < -0.39 is 6.35 Å². The van der Waals surface area contributed by atoms with Gasteiger partial charge in [-0.15, -0.1) is 10.2 Å². The zero-order valence-electron chi connectivity index (χ0n) is 11.3. The Morgan fingerprint density at radius 3 is 2.65 bits per heavy atom. The van der Waals surface area contributed by atoms with E-state index >= 15 is 0 Å². The lowest BCUT2D eigenvalue weighted by Gasteiger charge is -2.23. The fourth-order valence-electron chi connectivity index (χ4n) is 2.26. The number of allylic oxidation sites excluding steroid dienone is 1. The lowest BCUT2D eigenvalue weighted by atomic mass is 10.0. The monoisotopic (exact) mass is 272 g/mol. The van der Waals surface area contributed by atoms with E-state index in [1.54, 1.807) is 6.26 Å². The van der Waals surface area contributed by atoms with E-state index in [2.05, 4.69) is 20.6 Å². The number of benzene rings is 1. The summed E-state index contributed by atoms with van der Waals surface area (Å²) in [4.78, 5) is 1.93. The third-order valence-electron chi connectivity index (χ3n) is 3.43. The molecule has 1 aliphatic heterocycles. The van der Waals surface area contributed by atoms with Crippen LogP contribution in [0.4, 0.5) is 5.69 Å². The molecule has 1 aromatic carbocycles. The van der Waals surface area contributed by atoms with Crippen LogP contribution < -0.4 is 10.6 Å². The van der Waals surface area contributed by atoms with Gasteiger partial charge in [-0.05, 0) is 24.6 Å². The number of rotatable bonds is 3. The van der Waals surface area contributed by atoms with Crippen LogP contribution in [-0.4, -0.2) is 27.0 Å². The van der Waals surface area contributed by atoms with Crippen LogP contribution in [0.15, 0.2) is 36.2 Å². The Bertz CT molecular complexity index is 606. The molecule has 0 aliphatic carbocycles. The van der Waals surface area contributed by atoms with Crippen LogP contribution in [0.25, 0.3) is 0 Å². The van der Waals surface area contributed by atoms with Crippen LogP contribution in [0.3, 0.4) is 0 Å². The minimum absolute atomic E-state index is 0.0861. The lowest BCUT2D eigenvalue weighted by Crippen LogP contribution is -2.37. The van der Waals surface area contributed by atoms with E-state index in [-0.39, 0.29) is 5.92 Å². The van der Waals surface area contributed by atoms with Gasteiger partial charge in [0.05, 0.1) is 5.70 Å². The number of aromatic nitrogens is 4. The molecule has 104 valence electrons. The number of nitrogens with zero attached hydrogens (tertiary/aromatic N) is 4. The van der Waals surface area contributed by atoms with Crippen molar-refractivity contribution in [3.63, 3.8) is 0 Å². The summed E-state index contributed by atoms with van der Waals surface area (Å²) in [6.07, 6.45) is 1.20. The van der Waals surface area contributed by atoms with Gasteiger partial charge in [0.2, 0.25) is 6.35 Å². The maximum absolute atomic E-state index is 5.90. The summed E-state index contributed by atoms with van der Waals surface area (Å²) < 4.78 is 5.28. The lowest BCUT2D eigenvalue weighted by molar-refractivity contribution is 0.178. The quantitative estimate of drug-likeness (QED) is 0.874. The van der Waals surface area contributed by atoms with Crippen molar-refractivity contribution in [3.8, 4) is 0 Å². The fraction of sp³-hybridized carbons (Fsp3) is 0.308. The number of H-pyrrole nitrogens is 1. The Labute approximate surface area is 116 Å². The molecule has 3 rings (SSSR count). The predicted octanol–water partition coefficient (Wildman–Crippen LogP) is 1.29. The summed E-state index contributed by atoms with van der Waals surface area (Å²) in [5.41, 5.74) is 8.99. The molecule has 0 fully saturated rings. The second-order valence-corrected chi connectivity index (χ2v) is 4.74. The number of hydrogen-bond donors (Lipinski definition) is 2. The second kappa shape index (κ2) is 4.93. The number of aromatic amines is 1.